The number of carbonyl (C=O) groups is 3. The molecule has 31 heavy (non-hydrogen) atoms. The van der Waals surface area contributed by atoms with Crippen molar-refractivity contribution >= 4 is 30.0 Å². The number of nitrogens with two attached hydrogens (primary N) is 1. The first kappa shape index (κ1) is 28.8. The third-order valence-corrected chi connectivity index (χ3v) is 5.61. The topological polar surface area (TPSA) is 138 Å². The maximum Gasteiger partial charge on any atom is 0.321 e. The molecule has 0 aliphatic rings. The molecule has 0 unspecified atom stereocenters. The lowest BCUT2D eigenvalue weighted by Crippen LogP contribution is -2.34. The molecule has 7 nitrogen and oxygen atoms in total. The number of hydrogen-bond acceptors (Lipinski definition) is 6. The highest BCUT2D eigenvalue weighted by atomic mass is 32.2. The standard InChI is InChI=1S/C23H35NO6S/c24-19(23(29)30)18-31-21(20(26)14-13-16-22(27)28)15-11-9-7-5-3-1-2-4-6-8-10-12-17-25/h2-5,7,9,11,15,17,19-21,26H,1,6,8,10,12-14,16,18,24H2,(H,27,28)(H,29,30)/b4-2-,5-3-,9-7+,15-11+/t19-,20-,21+/m0/s1. The predicted molar refractivity (Wildman–Crippen MR) is 125 cm³/mol. The van der Waals surface area contributed by atoms with E-state index in [4.69, 9.17) is 15.9 Å². The van der Waals surface area contributed by atoms with Gasteiger partial charge in [-0.15, -0.1) is 11.8 Å². The SMILES string of the molecule is N[C@@H](CS[C@H](/C=C/C=C/C=C\C/C=C\CCCCC=O)[C@@H](O)CCCC(=O)O)C(=O)O. The summed E-state index contributed by atoms with van der Waals surface area (Å²) in [4.78, 5) is 31.7. The maximum atomic E-state index is 10.9. The van der Waals surface area contributed by atoms with E-state index in [0.29, 0.717) is 19.3 Å². The summed E-state index contributed by atoms with van der Waals surface area (Å²) in [6, 6.07) is -1.02. The zero-order valence-corrected chi connectivity index (χ0v) is 18.7. The Morgan fingerprint density at radius 1 is 0.935 bits per heavy atom. The number of carbonyl (C=O) groups excluding carboxylic acids is 1. The smallest absolute Gasteiger partial charge is 0.321 e. The van der Waals surface area contributed by atoms with Gasteiger partial charge in [0.25, 0.3) is 0 Å². The fraction of sp³-hybridized carbons (Fsp3) is 0.522. The Morgan fingerprint density at radius 3 is 2.32 bits per heavy atom. The van der Waals surface area contributed by atoms with Crippen LogP contribution in [-0.2, 0) is 14.4 Å². The Kier molecular flexibility index (Phi) is 18.4. The quantitative estimate of drug-likeness (QED) is 0.101. The molecule has 0 aromatic rings. The number of aliphatic carboxylic acids is 2. The van der Waals surface area contributed by atoms with Gasteiger partial charge in [-0.1, -0.05) is 48.6 Å². The lowest BCUT2D eigenvalue weighted by Gasteiger charge is -2.20. The summed E-state index contributed by atoms with van der Waals surface area (Å²) >= 11 is 1.24. The second-order valence-electron chi connectivity index (χ2n) is 6.95. The molecule has 8 heteroatoms. The van der Waals surface area contributed by atoms with Gasteiger partial charge >= 0.3 is 11.9 Å². The maximum absolute atomic E-state index is 10.9. The van der Waals surface area contributed by atoms with Crippen LogP contribution in [0.1, 0.15) is 51.4 Å². The summed E-state index contributed by atoms with van der Waals surface area (Å²) in [5.74, 6) is -1.87. The number of thioether (sulfide) groups is 1. The van der Waals surface area contributed by atoms with Gasteiger partial charge < -0.3 is 25.8 Å². The van der Waals surface area contributed by atoms with E-state index in [0.717, 1.165) is 32.0 Å². The monoisotopic (exact) mass is 453 g/mol. The summed E-state index contributed by atoms with van der Waals surface area (Å²) in [6.45, 7) is 0. The lowest BCUT2D eigenvalue weighted by atomic mass is 10.1. The summed E-state index contributed by atoms with van der Waals surface area (Å²) in [5.41, 5.74) is 5.53. The number of allylic oxidation sites excluding steroid dienone is 7. The molecular weight excluding hydrogens is 418 g/mol. The number of aliphatic hydroxyl groups excluding tert-OH is 1. The van der Waals surface area contributed by atoms with Crippen LogP contribution in [0.15, 0.2) is 48.6 Å². The fourth-order valence-electron chi connectivity index (χ4n) is 2.45. The van der Waals surface area contributed by atoms with Crippen molar-refractivity contribution in [3.63, 3.8) is 0 Å². The van der Waals surface area contributed by atoms with Crippen LogP contribution in [0.2, 0.25) is 0 Å². The second-order valence-corrected chi connectivity index (χ2v) is 8.16. The Labute approximate surface area is 188 Å². The minimum Gasteiger partial charge on any atom is -0.481 e. The van der Waals surface area contributed by atoms with Crippen LogP contribution in [0.25, 0.3) is 0 Å². The van der Waals surface area contributed by atoms with Gasteiger partial charge in [0.15, 0.2) is 0 Å². The van der Waals surface area contributed by atoms with Crippen molar-refractivity contribution in [3.8, 4) is 0 Å². The fourth-order valence-corrected chi connectivity index (χ4v) is 3.58. The molecule has 3 atom stereocenters. The normalized spacial score (nSPS) is 15.2. The first-order chi connectivity index (χ1) is 14.9. The van der Waals surface area contributed by atoms with E-state index in [1.165, 1.54) is 11.8 Å². The van der Waals surface area contributed by atoms with Gasteiger partial charge in [-0.2, -0.15) is 0 Å². The highest BCUT2D eigenvalue weighted by Gasteiger charge is 2.20. The first-order valence-corrected chi connectivity index (χ1v) is 11.5. The number of hydrogen-bond donors (Lipinski definition) is 4. The number of aldehydes is 1. The largest absolute Gasteiger partial charge is 0.481 e. The van der Waals surface area contributed by atoms with Crippen LogP contribution in [0.5, 0.6) is 0 Å². The molecular formula is C23H35NO6S. The van der Waals surface area contributed by atoms with E-state index in [-0.39, 0.29) is 17.4 Å². The van der Waals surface area contributed by atoms with Gasteiger partial charge in [-0.05, 0) is 38.5 Å². The van der Waals surface area contributed by atoms with Crippen LogP contribution in [0, 0.1) is 0 Å². The Morgan fingerprint density at radius 2 is 1.65 bits per heavy atom. The first-order valence-electron chi connectivity index (χ1n) is 10.5. The highest BCUT2D eigenvalue weighted by Crippen LogP contribution is 2.21. The Hall–Kier alpha value is -2.16. The number of rotatable bonds is 19. The van der Waals surface area contributed by atoms with E-state index in [2.05, 4.69) is 12.2 Å². The van der Waals surface area contributed by atoms with Crippen molar-refractivity contribution < 1.29 is 29.7 Å². The van der Waals surface area contributed by atoms with Crippen molar-refractivity contribution in [3.05, 3.63) is 48.6 Å². The molecule has 0 rings (SSSR count). The third-order valence-electron chi connectivity index (χ3n) is 4.21. The predicted octanol–water partition coefficient (Wildman–Crippen LogP) is 3.49. The number of carboxylic acid groups (broad SMARTS) is 2. The van der Waals surface area contributed by atoms with Crippen molar-refractivity contribution in [1.29, 1.82) is 0 Å². The molecule has 0 spiro atoms. The molecule has 0 bridgehead atoms. The van der Waals surface area contributed by atoms with E-state index < -0.39 is 24.1 Å². The van der Waals surface area contributed by atoms with Crippen LogP contribution in [0.3, 0.4) is 0 Å². The van der Waals surface area contributed by atoms with Crippen LogP contribution >= 0.6 is 11.8 Å². The van der Waals surface area contributed by atoms with E-state index in [9.17, 15) is 19.5 Å². The van der Waals surface area contributed by atoms with Gasteiger partial charge in [0.05, 0.1) is 6.10 Å². The molecule has 0 heterocycles. The zero-order valence-electron chi connectivity index (χ0n) is 17.8. The molecule has 0 aromatic heterocycles. The van der Waals surface area contributed by atoms with Crippen molar-refractivity contribution in [1.82, 2.24) is 0 Å². The van der Waals surface area contributed by atoms with Crippen molar-refractivity contribution in [2.24, 2.45) is 5.73 Å². The van der Waals surface area contributed by atoms with Crippen LogP contribution in [-0.4, -0.2) is 56.7 Å². The zero-order chi connectivity index (χ0) is 23.3. The molecule has 0 aliphatic heterocycles. The molecule has 0 fully saturated rings. The Balaban J connectivity index is 4.47. The van der Waals surface area contributed by atoms with Crippen molar-refractivity contribution in [2.75, 3.05) is 5.75 Å². The number of carboxylic acids is 2. The molecule has 0 amide bonds. The summed E-state index contributed by atoms with van der Waals surface area (Å²) < 4.78 is 0. The number of aliphatic hydroxyl groups is 1. The van der Waals surface area contributed by atoms with Gasteiger partial charge in [-0.3, -0.25) is 9.59 Å². The van der Waals surface area contributed by atoms with Crippen LogP contribution < -0.4 is 5.73 Å². The molecule has 0 saturated carbocycles. The molecule has 0 saturated heterocycles. The summed E-state index contributed by atoms with van der Waals surface area (Å²) in [5, 5.41) is 27.6. The minimum atomic E-state index is -1.10. The van der Waals surface area contributed by atoms with Crippen LogP contribution in [0.4, 0.5) is 0 Å². The summed E-state index contributed by atoms with van der Waals surface area (Å²) in [6.07, 6.45) is 20.4. The van der Waals surface area contributed by atoms with E-state index in [1.807, 2.05) is 24.3 Å². The lowest BCUT2D eigenvalue weighted by molar-refractivity contribution is -0.138. The summed E-state index contributed by atoms with van der Waals surface area (Å²) in [7, 11) is 0. The average Bonchev–Trinajstić information content (AvgIpc) is 2.72. The Bertz CT molecular complexity index is 630. The van der Waals surface area contributed by atoms with Crippen molar-refractivity contribution in [2.45, 2.75) is 68.8 Å². The minimum absolute atomic E-state index is 0.0231. The average molecular weight is 454 g/mol. The third kappa shape index (κ3) is 18.3. The van der Waals surface area contributed by atoms with E-state index in [1.54, 1.807) is 12.2 Å². The van der Waals surface area contributed by atoms with Gasteiger partial charge in [-0.25, -0.2) is 0 Å². The van der Waals surface area contributed by atoms with Gasteiger partial charge in [0, 0.05) is 23.8 Å². The van der Waals surface area contributed by atoms with Gasteiger partial charge in [0.1, 0.15) is 12.3 Å². The second kappa shape index (κ2) is 19.8. The molecule has 0 radical (unpaired) electrons. The van der Waals surface area contributed by atoms with Gasteiger partial charge in [0.2, 0.25) is 0 Å². The highest BCUT2D eigenvalue weighted by molar-refractivity contribution is 8.00. The van der Waals surface area contributed by atoms with E-state index >= 15 is 0 Å². The molecule has 0 aliphatic carbocycles. The molecule has 5 N–H and O–H groups in total. The molecule has 174 valence electrons. The number of unbranched alkanes of at least 4 members (excludes halogenated alkanes) is 3. The molecule has 0 aromatic carbocycles.